The van der Waals surface area contributed by atoms with Crippen molar-refractivity contribution in [3.63, 3.8) is 0 Å². The summed E-state index contributed by atoms with van der Waals surface area (Å²) >= 11 is 0. The van der Waals surface area contributed by atoms with Crippen LogP contribution in [0.4, 0.5) is 0 Å². The molecular weight excluding hydrogens is 1060 g/mol. The van der Waals surface area contributed by atoms with E-state index in [2.05, 4.69) is 74.1 Å². The van der Waals surface area contributed by atoms with Crippen molar-refractivity contribution in [3.05, 3.63) is 248 Å². The molecule has 12 rings (SSSR count). The predicted octanol–water partition coefficient (Wildman–Crippen LogP) is 16.4. The van der Waals surface area contributed by atoms with Crippen molar-refractivity contribution in [2.45, 2.75) is 33.6 Å². The van der Waals surface area contributed by atoms with Crippen molar-refractivity contribution >= 4 is 32.8 Å². The van der Waals surface area contributed by atoms with Crippen LogP contribution in [0.3, 0.4) is 0 Å². The number of aromatic nitrogens is 4. The van der Waals surface area contributed by atoms with Gasteiger partial charge < -0.3 is 13.9 Å². The molecule has 0 spiro atoms. The van der Waals surface area contributed by atoms with E-state index in [1.54, 1.807) is 51.6 Å². The molecule has 3 heterocycles. The van der Waals surface area contributed by atoms with Crippen LogP contribution in [-0.4, -0.2) is 14.1 Å². The van der Waals surface area contributed by atoms with E-state index in [-0.39, 0.29) is 49.0 Å². The van der Waals surface area contributed by atoms with Gasteiger partial charge in [-0.1, -0.05) is 209 Å². The Bertz CT molecular complexity index is 4430. The van der Waals surface area contributed by atoms with Gasteiger partial charge in [-0.2, -0.15) is 18.2 Å². The second kappa shape index (κ2) is 19.2. The molecule has 72 heavy (non-hydrogen) atoms. The number of ether oxygens (including phenoxy) is 1. The third kappa shape index (κ3) is 8.54. The Kier molecular flexibility index (Phi) is 9.37. The number of fused-ring (bicyclic) bond motifs is 4. The summed E-state index contributed by atoms with van der Waals surface area (Å²) in [4.78, 5) is 5.15. The third-order valence-corrected chi connectivity index (χ3v) is 13.1. The first-order valence-electron chi connectivity index (χ1n) is 28.8. The summed E-state index contributed by atoms with van der Waals surface area (Å²) in [6.45, 7) is 8.19. The Morgan fingerprint density at radius 2 is 1.22 bits per heavy atom. The van der Waals surface area contributed by atoms with Crippen LogP contribution in [0, 0.1) is 23.9 Å². The van der Waals surface area contributed by atoms with Crippen LogP contribution in [0.15, 0.2) is 224 Å². The van der Waals surface area contributed by atoms with Crippen LogP contribution in [0.1, 0.15) is 54.2 Å². The Labute approximate surface area is 451 Å². The zero-order chi connectivity index (χ0) is 57.7. The van der Waals surface area contributed by atoms with Crippen molar-refractivity contribution in [1.82, 2.24) is 14.1 Å². The van der Waals surface area contributed by atoms with Gasteiger partial charge >= 0.3 is 0 Å². The number of rotatable bonds is 10. The predicted molar refractivity (Wildman–Crippen MR) is 290 cm³/mol. The van der Waals surface area contributed by atoms with Crippen LogP contribution in [0.2, 0.25) is 0 Å². The number of imidazole rings is 1. The maximum Gasteiger partial charge on any atom is 0.268 e. The fourth-order valence-electron chi connectivity index (χ4n) is 9.27. The molecule has 0 amide bonds. The molecular formula is C66H50N4OPt-2. The molecule has 6 heteroatoms. The minimum absolute atomic E-state index is 0. The molecule has 5 nitrogen and oxygen atoms in total. The summed E-state index contributed by atoms with van der Waals surface area (Å²) in [7, 11) is 0. The molecule has 3 aromatic heterocycles. The van der Waals surface area contributed by atoms with Crippen LogP contribution >= 0.6 is 0 Å². The van der Waals surface area contributed by atoms with Crippen molar-refractivity contribution < 1.29 is 45.4 Å². The van der Waals surface area contributed by atoms with Gasteiger partial charge in [-0.3, -0.25) is 4.57 Å². The molecule has 0 bridgehead atoms. The van der Waals surface area contributed by atoms with Crippen LogP contribution in [-0.2, 0) is 21.1 Å². The molecule has 12 aromatic rings. The molecule has 0 fully saturated rings. The molecule has 9 aromatic carbocycles. The van der Waals surface area contributed by atoms with Crippen LogP contribution < -0.4 is 9.30 Å². The quantitative estimate of drug-likeness (QED) is 0.101. The zero-order valence-electron chi connectivity index (χ0n) is 50.6. The molecule has 0 aliphatic carbocycles. The van der Waals surface area contributed by atoms with Gasteiger partial charge in [-0.25, -0.2) is 4.98 Å². The molecule has 352 valence electrons. The minimum Gasteiger partial charge on any atom is -0.510 e. The second-order valence-corrected chi connectivity index (χ2v) is 18.3. The smallest absolute Gasteiger partial charge is 0.268 e. The van der Waals surface area contributed by atoms with Gasteiger partial charge in [0, 0.05) is 51.2 Å². The number of nitrogens with zero attached hydrogens (tertiary/aromatic N) is 4. The Morgan fingerprint density at radius 3 is 1.92 bits per heavy atom. The van der Waals surface area contributed by atoms with E-state index in [0.29, 0.717) is 39.6 Å². The van der Waals surface area contributed by atoms with Gasteiger partial charge in [0.2, 0.25) is 0 Å². The van der Waals surface area contributed by atoms with E-state index in [4.69, 9.17) is 23.4 Å². The number of para-hydroxylation sites is 3. The topological polar surface area (TPSA) is 35.9 Å². The summed E-state index contributed by atoms with van der Waals surface area (Å²) in [6.07, 6.45) is 5.29. The molecule has 1 atom stereocenters. The van der Waals surface area contributed by atoms with E-state index >= 15 is 0 Å². The van der Waals surface area contributed by atoms with Crippen molar-refractivity contribution in [2.24, 2.45) is 5.41 Å². The fraction of sp³-hybridized carbons (Fsp3) is 0.0909. The van der Waals surface area contributed by atoms with Crippen LogP contribution in [0.5, 0.6) is 11.5 Å². The molecule has 1 unspecified atom stereocenters. The Morgan fingerprint density at radius 1 is 0.583 bits per heavy atom. The second-order valence-electron chi connectivity index (χ2n) is 18.3. The van der Waals surface area contributed by atoms with E-state index in [1.807, 2.05) is 98.0 Å². The standard InChI is InChI=1S/C66H50N4O.Pt/c1-45(66(2,3)4)57-42-64(67-43-59(57)49-27-15-8-16-28-49)70-60-38-35-50(46-21-9-5-10-22-46)39-58(60)56-37-36-53(41-63(56)70)71-52-30-19-29-51(40-52)68-44-69(62-34-18-17-33-61(62)68)65-54(47-23-11-6-12-24-47)31-20-32-55(65)48-25-13-7-14-26-48;/h5-39,42-43,45H,1-4H3;/q-2;/i6D,7D,11D,12D,13D,14D,23D,24D,25D,26D,45D;. The molecule has 0 N–H and O–H groups in total. The van der Waals surface area contributed by atoms with Gasteiger partial charge in [0.15, 0.2) is 0 Å². The first-order valence-corrected chi connectivity index (χ1v) is 23.3. The summed E-state index contributed by atoms with van der Waals surface area (Å²) in [5.41, 5.74) is 7.57. The number of hydrogen-bond donors (Lipinski definition) is 0. The van der Waals surface area contributed by atoms with Crippen LogP contribution in [0.25, 0.3) is 94.5 Å². The monoisotopic (exact) mass is 1120 g/mol. The Hall–Kier alpha value is -8.11. The van der Waals surface area contributed by atoms with Gasteiger partial charge in [-0.15, -0.1) is 29.7 Å². The summed E-state index contributed by atoms with van der Waals surface area (Å²) < 4.78 is 110. The van der Waals surface area contributed by atoms with Gasteiger partial charge in [0.05, 0.1) is 30.4 Å². The molecule has 0 aliphatic heterocycles. The number of pyridine rings is 1. The summed E-state index contributed by atoms with van der Waals surface area (Å²) in [6, 6.07) is 51.6. The number of benzene rings is 9. The fourth-order valence-corrected chi connectivity index (χ4v) is 9.27. The van der Waals surface area contributed by atoms with E-state index in [1.165, 1.54) is 0 Å². The van der Waals surface area contributed by atoms with E-state index in [9.17, 15) is 1.37 Å². The van der Waals surface area contributed by atoms with Crippen molar-refractivity contribution in [1.29, 1.82) is 0 Å². The first kappa shape index (κ1) is 35.1. The van der Waals surface area contributed by atoms with Gasteiger partial charge in [-0.05, 0) is 79.0 Å². The molecule has 0 radical (unpaired) electrons. The van der Waals surface area contributed by atoms with E-state index < -0.39 is 71.7 Å². The van der Waals surface area contributed by atoms with E-state index in [0.717, 1.165) is 44.1 Å². The van der Waals surface area contributed by atoms with Gasteiger partial charge in [0.1, 0.15) is 5.82 Å². The zero-order valence-corrected chi connectivity index (χ0v) is 41.9. The molecule has 0 aliphatic rings. The largest absolute Gasteiger partial charge is 0.510 e. The molecule has 0 saturated heterocycles. The van der Waals surface area contributed by atoms with Crippen molar-refractivity contribution in [3.8, 4) is 73.2 Å². The molecule has 0 saturated carbocycles. The summed E-state index contributed by atoms with van der Waals surface area (Å²) in [5, 5.41) is 1.88. The van der Waals surface area contributed by atoms with Gasteiger partial charge in [0.25, 0.3) is 6.33 Å². The normalized spacial score (nSPS) is 14.6. The Balaban J connectivity index is 0.00000721. The average Bonchev–Trinajstić information content (AvgIpc) is 3.39. The van der Waals surface area contributed by atoms with Crippen molar-refractivity contribution in [2.75, 3.05) is 0 Å². The third-order valence-electron chi connectivity index (χ3n) is 13.1. The minimum atomic E-state index is -1.05. The summed E-state index contributed by atoms with van der Waals surface area (Å²) in [5.74, 6) is 0.261. The maximum atomic E-state index is 9.93. The number of hydrogen-bond acceptors (Lipinski definition) is 2. The first-order chi connectivity index (χ1) is 39.2. The SMILES string of the molecule is [2H]c1c([2H])c([2H])c(-c2cccc(-c3c([2H])c([2H])c([2H])c([2H])c3[2H])c2-[n+]2[c-]n(-c3[c-]c(Oc4[c-]c5c(cc4)c4cc(-c6ccccc6)ccc4n5-c4cc(C([2H])(C)C(C)(C)C)c(-c5ccccc5)cn4)ccc3)c3ccccc32)c([2H])c1[2H].[Pt]. The average molecular weight is 1120 g/mol. The maximum absolute atomic E-state index is 9.93.